The van der Waals surface area contributed by atoms with Crippen molar-refractivity contribution in [2.75, 3.05) is 13.2 Å². The third kappa shape index (κ3) is 2.50. The van der Waals surface area contributed by atoms with Gasteiger partial charge < -0.3 is 9.47 Å². The lowest BCUT2D eigenvalue weighted by atomic mass is 9.89. The van der Waals surface area contributed by atoms with E-state index < -0.39 is 0 Å². The van der Waals surface area contributed by atoms with E-state index in [1.807, 2.05) is 13.8 Å². The molecule has 0 aromatic heterocycles. The Morgan fingerprint density at radius 2 is 1.82 bits per heavy atom. The topological polar surface area (TPSA) is 18.5 Å². The first-order valence-corrected chi connectivity index (χ1v) is 7.86. The normalized spacial score (nSPS) is 15.6. The number of hydrogen-bond acceptors (Lipinski definition) is 2. The summed E-state index contributed by atoms with van der Waals surface area (Å²) in [5, 5.41) is 0. The van der Waals surface area contributed by atoms with Gasteiger partial charge in [-0.3, -0.25) is 0 Å². The van der Waals surface area contributed by atoms with Gasteiger partial charge >= 0.3 is 0 Å². The molecule has 2 heterocycles. The third-order valence-corrected chi connectivity index (χ3v) is 4.18. The standard InChI is InChI=1S/C17H15FO2.C2H6/c1-10-4-17-15(6-16(10)18)14-5-11(13-7-19-8-13)2-3-12(14)9-20-17;1-2/h2-6,13H,7-9H2,1H3;1-2H3. The minimum absolute atomic E-state index is 0.183. The zero-order valence-corrected chi connectivity index (χ0v) is 13.3. The van der Waals surface area contributed by atoms with Crippen LogP contribution >= 0.6 is 0 Å². The number of hydrogen-bond donors (Lipinski definition) is 0. The number of rotatable bonds is 1. The van der Waals surface area contributed by atoms with E-state index in [1.165, 1.54) is 5.56 Å². The molecule has 2 aromatic rings. The molecule has 0 atom stereocenters. The van der Waals surface area contributed by atoms with Crippen molar-refractivity contribution in [1.29, 1.82) is 0 Å². The van der Waals surface area contributed by atoms with Crippen LogP contribution in [0.25, 0.3) is 11.1 Å². The molecule has 0 aliphatic carbocycles. The molecule has 0 radical (unpaired) electrons. The van der Waals surface area contributed by atoms with Crippen LogP contribution in [0, 0.1) is 12.7 Å². The Hall–Kier alpha value is -1.87. The summed E-state index contributed by atoms with van der Waals surface area (Å²) in [5.41, 5.74) is 4.95. The summed E-state index contributed by atoms with van der Waals surface area (Å²) in [6.45, 7) is 7.88. The van der Waals surface area contributed by atoms with E-state index in [9.17, 15) is 4.39 Å². The van der Waals surface area contributed by atoms with Crippen molar-refractivity contribution in [3.8, 4) is 16.9 Å². The van der Waals surface area contributed by atoms with Gasteiger partial charge in [0.25, 0.3) is 0 Å². The van der Waals surface area contributed by atoms with Gasteiger partial charge in [0, 0.05) is 11.5 Å². The molecule has 22 heavy (non-hydrogen) atoms. The van der Waals surface area contributed by atoms with E-state index in [2.05, 4.69) is 18.2 Å². The molecule has 2 aromatic carbocycles. The average molecular weight is 300 g/mol. The lowest BCUT2D eigenvalue weighted by Crippen LogP contribution is -2.25. The van der Waals surface area contributed by atoms with Gasteiger partial charge in [0.1, 0.15) is 18.2 Å². The Balaban J connectivity index is 0.000000693. The van der Waals surface area contributed by atoms with Crippen molar-refractivity contribution >= 4 is 0 Å². The average Bonchev–Trinajstić information content (AvgIpc) is 2.49. The molecular weight excluding hydrogens is 279 g/mol. The van der Waals surface area contributed by atoms with Gasteiger partial charge in [-0.15, -0.1) is 0 Å². The van der Waals surface area contributed by atoms with Gasteiger partial charge in [0.15, 0.2) is 0 Å². The van der Waals surface area contributed by atoms with Crippen molar-refractivity contribution in [1.82, 2.24) is 0 Å². The molecule has 1 fully saturated rings. The Bertz CT molecular complexity index is 690. The molecular formula is C19H21FO2. The summed E-state index contributed by atoms with van der Waals surface area (Å²) in [4.78, 5) is 0. The van der Waals surface area contributed by atoms with Gasteiger partial charge in [0.2, 0.25) is 0 Å². The Morgan fingerprint density at radius 1 is 1.05 bits per heavy atom. The van der Waals surface area contributed by atoms with Crippen LogP contribution in [-0.2, 0) is 11.3 Å². The number of benzene rings is 2. The molecule has 2 nitrogen and oxygen atoms in total. The van der Waals surface area contributed by atoms with E-state index >= 15 is 0 Å². The van der Waals surface area contributed by atoms with Crippen molar-refractivity contribution in [3.05, 3.63) is 52.8 Å². The third-order valence-electron chi connectivity index (χ3n) is 4.18. The fourth-order valence-electron chi connectivity index (χ4n) is 2.79. The molecule has 0 N–H and O–H groups in total. The number of aryl methyl sites for hydroxylation is 1. The molecule has 116 valence electrons. The Morgan fingerprint density at radius 3 is 2.50 bits per heavy atom. The number of ether oxygens (including phenoxy) is 2. The quantitative estimate of drug-likeness (QED) is 0.750. The van der Waals surface area contributed by atoms with Crippen LogP contribution in [0.2, 0.25) is 0 Å². The summed E-state index contributed by atoms with van der Waals surface area (Å²) >= 11 is 0. The fraction of sp³-hybridized carbons (Fsp3) is 0.368. The Kier molecular flexibility index (Phi) is 4.16. The maximum absolute atomic E-state index is 13.9. The highest BCUT2D eigenvalue weighted by Gasteiger charge is 2.24. The van der Waals surface area contributed by atoms with Crippen molar-refractivity contribution in [2.45, 2.75) is 33.3 Å². The molecule has 4 rings (SSSR count). The van der Waals surface area contributed by atoms with E-state index in [1.54, 1.807) is 19.1 Å². The van der Waals surface area contributed by atoms with Gasteiger partial charge in [-0.1, -0.05) is 32.0 Å². The molecule has 0 unspecified atom stereocenters. The van der Waals surface area contributed by atoms with Gasteiger partial charge in [-0.2, -0.15) is 0 Å². The maximum Gasteiger partial charge on any atom is 0.128 e. The first-order valence-electron chi connectivity index (χ1n) is 7.86. The second-order valence-electron chi connectivity index (χ2n) is 5.54. The van der Waals surface area contributed by atoms with E-state index in [0.29, 0.717) is 18.1 Å². The SMILES string of the molecule is CC.Cc1cc2c(cc1F)-c1cc(C3COC3)ccc1CO2. The largest absolute Gasteiger partial charge is 0.488 e. The minimum Gasteiger partial charge on any atom is -0.488 e. The monoisotopic (exact) mass is 300 g/mol. The van der Waals surface area contributed by atoms with Gasteiger partial charge in [0.05, 0.1) is 13.2 Å². The van der Waals surface area contributed by atoms with E-state index in [-0.39, 0.29) is 5.82 Å². The van der Waals surface area contributed by atoms with Crippen molar-refractivity contribution < 1.29 is 13.9 Å². The summed E-state index contributed by atoms with van der Waals surface area (Å²) in [7, 11) is 0. The predicted molar refractivity (Wildman–Crippen MR) is 85.8 cm³/mol. The highest BCUT2D eigenvalue weighted by atomic mass is 19.1. The molecule has 2 aliphatic heterocycles. The second-order valence-corrected chi connectivity index (χ2v) is 5.54. The zero-order valence-electron chi connectivity index (χ0n) is 13.3. The minimum atomic E-state index is -0.183. The van der Waals surface area contributed by atoms with Crippen LogP contribution in [0.5, 0.6) is 5.75 Å². The highest BCUT2D eigenvalue weighted by Crippen LogP contribution is 2.40. The first-order chi connectivity index (χ1) is 10.7. The lowest BCUT2D eigenvalue weighted by Gasteiger charge is -2.28. The molecule has 2 aliphatic rings. The first kappa shape index (κ1) is 15.0. The van der Waals surface area contributed by atoms with Crippen molar-refractivity contribution in [3.63, 3.8) is 0 Å². The molecule has 0 spiro atoms. The molecule has 1 saturated heterocycles. The predicted octanol–water partition coefficient (Wildman–Crippen LogP) is 4.83. The fourth-order valence-corrected chi connectivity index (χ4v) is 2.79. The van der Waals surface area contributed by atoms with Crippen LogP contribution in [0.3, 0.4) is 0 Å². The number of halogens is 1. The second kappa shape index (κ2) is 6.09. The molecule has 0 bridgehead atoms. The summed E-state index contributed by atoms with van der Waals surface area (Å²) < 4.78 is 24.8. The maximum atomic E-state index is 13.9. The summed E-state index contributed by atoms with van der Waals surface area (Å²) in [6.07, 6.45) is 0. The van der Waals surface area contributed by atoms with E-state index in [0.717, 1.165) is 35.7 Å². The van der Waals surface area contributed by atoms with E-state index in [4.69, 9.17) is 9.47 Å². The van der Waals surface area contributed by atoms with Crippen LogP contribution < -0.4 is 4.74 Å². The zero-order chi connectivity index (χ0) is 15.7. The number of fused-ring (bicyclic) bond motifs is 3. The summed E-state index contributed by atoms with van der Waals surface area (Å²) in [5.74, 6) is 1.07. The van der Waals surface area contributed by atoms with Crippen LogP contribution in [0.1, 0.15) is 36.5 Å². The van der Waals surface area contributed by atoms with Gasteiger partial charge in [-0.25, -0.2) is 4.39 Å². The summed E-state index contributed by atoms with van der Waals surface area (Å²) in [6, 6.07) is 9.75. The highest BCUT2D eigenvalue weighted by molar-refractivity contribution is 5.76. The molecule has 0 amide bonds. The van der Waals surface area contributed by atoms with Crippen LogP contribution in [-0.4, -0.2) is 13.2 Å². The lowest BCUT2D eigenvalue weighted by molar-refractivity contribution is 0.00842. The smallest absolute Gasteiger partial charge is 0.128 e. The van der Waals surface area contributed by atoms with Crippen molar-refractivity contribution in [2.24, 2.45) is 0 Å². The molecule has 3 heteroatoms. The van der Waals surface area contributed by atoms with Crippen LogP contribution in [0.15, 0.2) is 30.3 Å². The van der Waals surface area contributed by atoms with Gasteiger partial charge in [-0.05, 0) is 41.3 Å². The van der Waals surface area contributed by atoms with Crippen LogP contribution in [0.4, 0.5) is 4.39 Å². The molecule has 0 saturated carbocycles. The Labute approximate surface area is 130 Å².